The molecule has 0 saturated carbocycles. The number of carbonyl (C=O) groups is 1. The Morgan fingerprint density at radius 1 is 1.20 bits per heavy atom. The second-order valence-electron chi connectivity index (χ2n) is 5.83. The molecule has 1 aromatic carbocycles. The molecular weight excluding hydrogens is 252 g/mol. The lowest BCUT2D eigenvalue weighted by Gasteiger charge is -2.25. The van der Waals surface area contributed by atoms with Gasteiger partial charge in [-0.25, -0.2) is 0 Å². The molecule has 0 aromatic heterocycles. The molecule has 0 spiro atoms. The summed E-state index contributed by atoms with van der Waals surface area (Å²) < 4.78 is 0. The van der Waals surface area contributed by atoms with Crippen LogP contribution in [0.5, 0.6) is 5.75 Å². The van der Waals surface area contributed by atoms with Gasteiger partial charge in [-0.3, -0.25) is 9.69 Å². The van der Waals surface area contributed by atoms with Crippen molar-refractivity contribution in [1.29, 1.82) is 0 Å². The maximum Gasteiger partial charge on any atom is 0.227 e. The third-order valence-electron chi connectivity index (χ3n) is 4.49. The molecule has 2 aliphatic heterocycles. The van der Waals surface area contributed by atoms with Crippen LogP contribution in [0.25, 0.3) is 0 Å². The number of nitrogens with zero attached hydrogens (tertiary/aromatic N) is 2. The van der Waals surface area contributed by atoms with Crippen LogP contribution < -0.4 is 0 Å². The van der Waals surface area contributed by atoms with Gasteiger partial charge >= 0.3 is 0 Å². The van der Waals surface area contributed by atoms with Gasteiger partial charge in [0.2, 0.25) is 5.91 Å². The third kappa shape index (κ3) is 2.80. The van der Waals surface area contributed by atoms with Crippen LogP contribution in [-0.4, -0.2) is 53.0 Å². The Hall–Kier alpha value is -1.55. The Morgan fingerprint density at radius 3 is 2.85 bits per heavy atom. The Balaban J connectivity index is 1.66. The van der Waals surface area contributed by atoms with Gasteiger partial charge in [0.05, 0.1) is 6.42 Å². The predicted molar refractivity (Wildman–Crippen MR) is 77.6 cm³/mol. The van der Waals surface area contributed by atoms with E-state index in [1.807, 2.05) is 17.0 Å². The van der Waals surface area contributed by atoms with Gasteiger partial charge in [0.25, 0.3) is 0 Å². The monoisotopic (exact) mass is 274 g/mol. The van der Waals surface area contributed by atoms with Crippen molar-refractivity contribution in [1.82, 2.24) is 9.80 Å². The lowest BCUT2D eigenvalue weighted by molar-refractivity contribution is -0.130. The highest BCUT2D eigenvalue weighted by atomic mass is 16.3. The lowest BCUT2D eigenvalue weighted by Crippen LogP contribution is -2.40. The molecule has 1 N–H and O–H groups in total. The van der Waals surface area contributed by atoms with Crippen LogP contribution in [-0.2, 0) is 11.2 Å². The summed E-state index contributed by atoms with van der Waals surface area (Å²) in [4.78, 5) is 17.0. The molecule has 4 nitrogen and oxygen atoms in total. The minimum absolute atomic E-state index is 0.139. The van der Waals surface area contributed by atoms with E-state index in [4.69, 9.17) is 0 Å². The van der Waals surface area contributed by atoms with E-state index >= 15 is 0 Å². The summed E-state index contributed by atoms with van der Waals surface area (Å²) in [6.07, 6.45) is 3.83. The Morgan fingerprint density at radius 2 is 2.00 bits per heavy atom. The predicted octanol–water partition coefficient (Wildman–Crippen LogP) is 1.63. The molecule has 2 aliphatic rings. The largest absolute Gasteiger partial charge is 0.508 e. The zero-order chi connectivity index (χ0) is 13.9. The number of carbonyl (C=O) groups excluding carboxylic acids is 1. The molecule has 0 bridgehead atoms. The summed E-state index contributed by atoms with van der Waals surface area (Å²) in [6, 6.07) is 7.66. The topological polar surface area (TPSA) is 43.8 Å². The fourth-order valence-corrected chi connectivity index (χ4v) is 3.37. The summed E-state index contributed by atoms with van der Waals surface area (Å²) in [5.74, 6) is 0.360. The number of hydrogen-bond acceptors (Lipinski definition) is 3. The van der Waals surface area contributed by atoms with Gasteiger partial charge in [-0.15, -0.1) is 0 Å². The van der Waals surface area contributed by atoms with Crippen molar-refractivity contribution in [2.45, 2.75) is 31.7 Å². The van der Waals surface area contributed by atoms with Crippen molar-refractivity contribution in [2.24, 2.45) is 0 Å². The van der Waals surface area contributed by atoms with Crippen molar-refractivity contribution < 1.29 is 9.90 Å². The highest BCUT2D eigenvalue weighted by molar-refractivity contribution is 5.79. The van der Waals surface area contributed by atoms with Gasteiger partial charge < -0.3 is 10.0 Å². The van der Waals surface area contributed by atoms with Gasteiger partial charge in [0.1, 0.15) is 5.75 Å². The summed E-state index contributed by atoms with van der Waals surface area (Å²) in [6.45, 7) is 4.00. The number of amides is 1. The Bertz CT molecular complexity index is 489. The van der Waals surface area contributed by atoms with Crippen LogP contribution in [0.2, 0.25) is 0 Å². The fraction of sp³-hybridized carbons (Fsp3) is 0.562. The molecule has 0 aliphatic carbocycles. The lowest BCUT2D eigenvalue weighted by atomic mass is 10.1. The summed E-state index contributed by atoms with van der Waals surface area (Å²) >= 11 is 0. The number of benzene rings is 1. The SMILES string of the molecule is O=C(Cc1ccccc1O)N1CCCN2CCCC2C1. The highest BCUT2D eigenvalue weighted by Crippen LogP contribution is 2.22. The van der Waals surface area contributed by atoms with Crippen LogP contribution in [0.4, 0.5) is 0 Å². The minimum atomic E-state index is 0.139. The standard InChI is InChI=1S/C16H22N2O2/c19-15-7-2-1-5-13(15)11-16(20)18-10-4-9-17-8-3-6-14(17)12-18/h1-2,5,7,14,19H,3-4,6,8-12H2. The second kappa shape index (κ2) is 5.83. The highest BCUT2D eigenvalue weighted by Gasteiger charge is 2.30. The first-order valence-electron chi connectivity index (χ1n) is 7.53. The summed E-state index contributed by atoms with van der Waals surface area (Å²) in [5, 5.41) is 9.78. The maximum absolute atomic E-state index is 12.5. The quantitative estimate of drug-likeness (QED) is 0.891. The molecule has 2 heterocycles. The number of rotatable bonds is 2. The molecule has 1 unspecified atom stereocenters. The van der Waals surface area contributed by atoms with Crippen LogP contribution in [0, 0.1) is 0 Å². The van der Waals surface area contributed by atoms with Crippen LogP contribution in [0.1, 0.15) is 24.8 Å². The summed E-state index contributed by atoms with van der Waals surface area (Å²) in [5.41, 5.74) is 0.727. The molecule has 0 radical (unpaired) electrons. The Kier molecular flexibility index (Phi) is 3.92. The van der Waals surface area contributed by atoms with E-state index in [9.17, 15) is 9.90 Å². The molecule has 108 valence electrons. The van der Waals surface area contributed by atoms with Gasteiger partial charge in [-0.05, 0) is 31.9 Å². The number of phenolic OH excluding ortho intramolecular Hbond substituents is 1. The van der Waals surface area contributed by atoms with Gasteiger partial charge in [0, 0.05) is 31.2 Å². The van der Waals surface area contributed by atoms with E-state index in [2.05, 4.69) is 4.90 Å². The van der Waals surface area contributed by atoms with Crippen molar-refractivity contribution in [3.63, 3.8) is 0 Å². The van der Waals surface area contributed by atoms with Gasteiger partial charge in [-0.2, -0.15) is 0 Å². The first-order chi connectivity index (χ1) is 9.74. The van der Waals surface area contributed by atoms with E-state index in [0.717, 1.165) is 31.6 Å². The van der Waals surface area contributed by atoms with E-state index < -0.39 is 0 Å². The Labute approximate surface area is 120 Å². The molecule has 2 fully saturated rings. The molecule has 1 amide bonds. The third-order valence-corrected chi connectivity index (χ3v) is 4.49. The first kappa shape index (κ1) is 13.4. The van der Waals surface area contributed by atoms with E-state index in [1.54, 1.807) is 12.1 Å². The zero-order valence-electron chi connectivity index (χ0n) is 11.8. The van der Waals surface area contributed by atoms with Crippen LogP contribution in [0.3, 0.4) is 0 Å². The van der Waals surface area contributed by atoms with Crippen molar-refractivity contribution >= 4 is 5.91 Å². The fourth-order valence-electron chi connectivity index (χ4n) is 3.37. The molecule has 1 atom stereocenters. The molecule has 4 heteroatoms. The first-order valence-corrected chi connectivity index (χ1v) is 7.53. The number of aromatic hydroxyl groups is 1. The smallest absolute Gasteiger partial charge is 0.227 e. The van der Waals surface area contributed by atoms with Gasteiger partial charge in [0.15, 0.2) is 0 Å². The molecule has 1 aromatic rings. The molecule has 20 heavy (non-hydrogen) atoms. The number of para-hydroxylation sites is 1. The van der Waals surface area contributed by atoms with E-state index in [-0.39, 0.29) is 11.7 Å². The number of phenols is 1. The van der Waals surface area contributed by atoms with E-state index in [1.165, 1.54) is 19.4 Å². The molecule has 3 rings (SSSR count). The minimum Gasteiger partial charge on any atom is -0.508 e. The molecule has 2 saturated heterocycles. The van der Waals surface area contributed by atoms with Crippen molar-refractivity contribution in [2.75, 3.05) is 26.2 Å². The summed E-state index contributed by atoms with van der Waals surface area (Å²) in [7, 11) is 0. The van der Waals surface area contributed by atoms with Crippen molar-refractivity contribution in [3.8, 4) is 5.75 Å². The van der Waals surface area contributed by atoms with Gasteiger partial charge in [-0.1, -0.05) is 18.2 Å². The van der Waals surface area contributed by atoms with Crippen LogP contribution >= 0.6 is 0 Å². The normalized spacial score (nSPS) is 23.4. The van der Waals surface area contributed by atoms with Crippen LogP contribution in [0.15, 0.2) is 24.3 Å². The van der Waals surface area contributed by atoms with Crippen molar-refractivity contribution in [3.05, 3.63) is 29.8 Å². The average Bonchev–Trinajstić information content (AvgIpc) is 2.78. The second-order valence-corrected chi connectivity index (χ2v) is 5.83. The van der Waals surface area contributed by atoms with E-state index in [0.29, 0.717) is 12.5 Å². The average molecular weight is 274 g/mol. The maximum atomic E-state index is 12.5. The number of hydrogen-bond donors (Lipinski definition) is 1. The molecular formula is C16H22N2O2. The zero-order valence-corrected chi connectivity index (χ0v) is 11.8. The number of fused-ring (bicyclic) bond motifs is 1.